The monoisotopic (exact) mass is 708 g/mol. The molecule has 0 amide bonds. The Balaban J connectivity index is 1.41. The molecule has 0 spiro atoms. The van der Waals surface area contributed by atoms with Crippen molar-refractivity contribution in [3.63, 3.8) is 0 Å². The summed E-state index contributed by atoms with van der Waals surface area (Å²) >= 11 is 0. The standard InChI is InChI=1S/C44H42B10N2/c45-35-33(36(46)40(50)43(53)39(35)49)25-17-29(55-15-13-19-5-1-3-7-27(19)55)23-11-9-22-26(34-37(47)41(51)44(54)42(52)38(34)48)18-30(24-12-10-21(25)31(23)32(22)24)56-16-14-20-6-2-4-8-28(20)56/h1-12,17-18H,13-16,45-54H2. The molecule has 2 nitrogen and oxygen atoms in total. The van der Waals surface area contributed by atoms with Gasteiger partial charge in [0, 0.05) is 57.4 Å². The fraction of sp³-hybridized carbons (Fsp3) is 0.0909. The Hall–Kier alpha value is -4.95. The fourth-order valence-electron chi connectivity index (χ4n) is 10.8. The number of hydrogen-bond donors (Lipinski definition) is 0. The van der Waals surface area contributed by atoms with Crippen molar-refractivity contribution in [1.29, 1.82) is 0 Å². The van der Waals surface area contributed by atoms with Gasteiger partial charge in [-0.25, -0.2) is 0 Å². The number of benzene rings is 8. The molecule has 0 radical (unpaired) electrons. The van der Waals surface area contributed by atoms with Crippen LogP contribution in [0, 0.1) is 0 Å². The van der Waals surface area contributed by atoms with E-state index in [1.165, 1.54) is 143 Å². The first-order valence-electron chi connectivity index (χ1n) is 20.6. The van der Waals surface area contributed by atoms with Gasteiger partial charge in [0.1, 0.15) is 78.5 Å². The average Bonchev–Trinajstić information content (AvgIpc) is 3.85. The zero-order chi connectivity index (χ0) is 38.9. The zero-order valence-electron chi connectivity index (χ0n) is 34.8. The highest BCUT2D eigenvalue weighted by atomic mass is 15.2. The van der Waals surface area contributed by atoms with Gasteiger partial charge in [-0.3, -0.25) is 0 Å². The average molecular weight is 707 g/mol. The second-order valence-electron chi connectivity index (χ2n) is 17.0. The van der Waals surface area contributed by atoms with Crippen LogP contribution >= 0.6 is 0 Å². The smallest absolute Gasteiger partial charge is 0.139 e. The third-order valence-electron chi connectivity index (χ3n) is 14.7. The molecule has 0 unspecified atom stereocenters. The highest BCUT2D eigenvalue weighted by molar-refractivity contribution is 6.70. The molecule has 56 heavy (non-hydrogen) atoms. The van der Waals surface area contributed by atoms with Crippen molar-refractivity contribution in [2.45, 2.75) is 12.8 Å². The third-order valence-corrected chi connectivity index (χ3v) is 14.7. The molecule has 258 valence electrons. The van der Waals surface area contributed by atoms with Gasteiger partial charge in [-0.2, -0.15) is 0 Å². The summed E-state index contributed by atoms with van der Waals surface area (Å²) in [5.41, 5.74) is 27.6. The van der Waals surface area contributed by atoms with E-state index in [0.717, 1.165) is 25.9 Å². The lowest BCUT2D eigenvalue weighted by molar-refractivity contribution is 1.00. The van der Waals surface area contributed by atoms with Gasteiger partial charge in [0.15, 0.2) is 0 Å². The number of rotatable bonds is 4. The largest absolute Gasteiger partial charge is 0.340 e. The lowest BCUT2D eigenvalue weighted by Gasteiger charge is -2.30. The third kappa shape index (κ3) is 4.83. The highest BCUT2D eigenvalue weighted by Gasteiger charge is 2.29. The fourth-order valence-corrected chi connectivity index (χ4v) is 10.8. The molecule has 0 bridgehead atoms. The van der Waals surface area contributed by atoms with E-state index in [4.69, 9.17) is 0 Å². The minimum absolute atomic E-state index is 0.980. The second kappa shape index (κ2) is 12.8. The summed E-state index contributed by atoms with van der Waals surface area (Å²) in [6.45, 7) is 1.96. The quantitative estimate of drug-likeness (QED) is 0.133. The normalized spacial score (nSPS) is 13.7. The molecule has 0 saturated carbocycles. The van der Waals surface area contributed by atoms with Gasteiger partial charge in [-0.15, -0.1) is 32.8 Å². The molecule has 2 aliphatic rings. The van der Waals surface area contributed by atoms with Gasteiger partial charge in [0.05, 0.1) is 0 Å². The molecule has 12 heteroatoms. The van der Waals surface area contributed by atoms with E-state index < -0.39 is 0 Å². The summed E-state index contributed by atoms with van der Waals surface area (Å²) < 4.78 is 0. The molecule has 10 rings (SSSR count). The Morgan fingerprint density at radius 1 is 0.339 bits per heavy atom. The minimum Gasteiger partial charge on any atom is -0.340 e. The Morgan fingerprint density at radius 3 is 1.04 bits per heavy atom. The molecule has 2 aliphatic heterocycles. The van der Waals surface area contributed by atoms with Gasteiger partial charge >= 0.3 is 0 Å². The molecule has 8 aromatic rings. The van der Waals surface area contributed by atoms with E-state index in [1.54, 1.807) is 0 Å². The maximum Gasteiger partial charge on any atom is 0.139 e. The molecule has 0 aliphatic carbocycles. The van der Waals surface area contributed by atoms with Crippen LogP contribution in [0.4, 0.5) is 22.7 Å². The van der Waals surface area contributed by atoms with Crippen molar-refractivity contribution in [1.82, 2.24) is 0 Å². The summed E-state index contributed by atoms with van der Waals surface area (Å²) in [4.78, 5) is 5.23. The van der Waals surface area contributed by atoms with Crippen molar-refractivity contribution in [3.8, 4) is 22.3 Å². The first-order valence-corrected chi connectivity index (χ1v) is 20.6. The summed E-state index contributed by atoms with van der Waals surface area (Å²) in [5.74, 6) is 0. The van der Waals surface area contributed by atoms with Crippen LogP contribution in [0.3, 0.4) is 0 Å². The Morgan fingerprint density at radius 2 is 0.661 bits per heavy atom. The van der Waals surface area contributed by atoms with E-state index in [1.807, 2.05) is 0 Å². The predicted octanol–water partition coefficient (Wildman–Crippen LogP) is -6.11. The molecule has 0 N–H and O–H groups in total. The van der Waals surface area contributed by atoms with Gasteiger partial charge in [-0.1, -0.05) is 82.5 Å². The van der Waals surface area contributed by atoms with E-state index in [2.05, 4.69) is 173 Å². The highest BCUT2D eigenvalue weighted by Crippen LogP contribution is 2.50. The molecule has 0 fully saturated rings. The first-order chi connectivity index (χ1) is 27.0. The van der Waals surface area contributed by atoms with Crippen molar-refractivity contribution in [2.24, 2.45) is 0 Å². The molecule has 8 aromatic carbocycles. The van der Waals surface area contributed by atoms with Crippen LogP contribution < -0.4 is 64.4 Å². The Labute approximate surface area is 340 Å². The molecule has 2 heterocycles. The number of hydrogen-bond acceptors (Lipinski definition) is 2. The van der Waals surface area contributed by atoms with Gasteiger partial charge in [-0.05, 0) is 81.3 Å². The Kier molecular flexibility index (Phi) is 8.10. The van der Waals surface area contributed by atoms with Crippen molar-refractivity contribution >= 4 is 188 Å². The first kappa shape index (κ1) is 35.5. The molecule has 0 atom stereocenters. The Bertz CT molecular complexity index is 2750. The summed E-state index contributed by atoms with van der Waals surface area (Å²) in [6.07, 6.45) is 2.11. The summed E-state index contributed by atoms with van der Waals surface area (Å²) in [6, 6.07) is 33.0. The van der Waals surface area contributed by atoms with Crippen LogP contribution in [0.5, 0.6) is 0 Å². The summed E-state index contributed by atoms with van der Waals surface area (Å²) in [7, 11) is 23.2. The number of fused-ring (bicyclic) bond motifs is 2. The maximum atomic E-state index is 2.61. The van der Waals surface area contributed by atoms with Crippen LogP contribution in [0.25, 0.3) is 54.6 Å². The van der Waals surface area contributed by atoms with E-state index in [-0.39, 0.29) is 0 Å². The van der Waals surface area contributed by atoms with Crippen LogP contribution in [0.2, 0.25) is 0 Å². The van der Waals surface area contributed by atoms with Gasteiger partial charge in [0.2, 0.25) is 0 Å². The number of anilines is 4. The maximum absolute atomic E-state index is 2.61. The van der Waals surface area contributed by atoms with Crippen LogP contribution in [0.15, 0.2) is 84.9 Å². The van der Waals surface area contributed by atoms with Crippen molar-refractivity contribution in [2.75, 3.05) is 22.9 Å². The van der Waals surface area contributed by atoms with E-state index >= 15 is 0 Å². The van der Waals surface area contributed by atoms with Crippen LogP contribution in [0.1, 0.15) is 11.1 Å². The van der Waals surface area contributed by atoms with E-state index in [0.29, 0.717) is 0 Å². The predicted molar refractivity (Wildman–Crippen MR) is 277 cm³/mol. The lowest BCUT2D eigenvalue weighted by atomic mass is 9.59. The second-order valence-corrected chi connectivity index (χ2v) is 17.0. The zero-order valence-corrected chi connectivity index (χ0v) is 34.8. The van der Waals surface area contributed by atoms with Crippen LogP contribution in [-0.4, -0.2) is 91.6 Å². The number of nitrogens with zero attached hydrogens (tertiary/aromatic N) is 2. The van der Waals surface area contributed by atoms with E-state index in [9.17, 15) is 0 Å². The SMILES string of the molecule is Bc1c(B)c(B)c(-c2cc(N3CCc4ccccc43)c3ccc4c(-c5c(B)c(B)c(B)c(B)c5B)cc(N5CCc6ccccc65)c5ccc2c3c45)c(B)c1B. The topological polar surface area (TPSA) is 6.48 Å². The van der Waals surface area contributed by atoms with Gasteiger partial charge in [0.25, 0.3) is 0 Å². The lowest BCUT2D eigenvalue weighted by Crippen LogP contribution is -2.55. The molecule has 0 saturated heterocycles. The molecular weight excluding hydrogens is 665 g/mol. The van der Waals surface area contributed by atoms with Crippen LogP contribution in [-0.2, 0) is 12.8 Å². The van der Waals surface area contributed by atoms with Crippen molar-refractivity contribution < 1.29 is 0 Å². The minimum atomic E-state index is 0.980. The molecular formula is C44H42B10N2. The van der Waals surface area contributed by atoms with Gasteiger partial charge < -0.3 is 9.80 Å². The van der Waals surface area contributed by atoms with Crippen molar-refractivity contribution in [3.05, 3.63) is 96.1 Å². The molecule has 0 aromatic heterocycles. The summed E-state index contributed by atoms with van der Waals surface area (Å²) in [5, 5.41) is 8.14. The number of para-hydroxylation sites is 2.